The summed E-state index contributed by atoms with van der Waals surface area (Å²) in [6.07, 6.45) is -1.73. The van der Waals surface area contributed by atoms with Gasteiger partial charge in [0.1, 0.15) is 11.6 Å². The van der Waals surface area contributed by atoms with Crippen LogP contribution in [0.25, 0.3) is 0 Å². The average Bonchev–Trinajstić information content (AvgIpc) is 2.64. The van der Waals surface area contributed by atoms with Crippen molar-refractivity contribution >= 4 is 35.2 Å². The molecule has 0 atom stereocenters. The minimum atomic E-state index is -5.08. The van der Waals surface area contributed by atoms with Crippen molar-refractivity contribution in [1.82, 2.24) is 15.0 Å². The first-order valence-corrected chi connectivity index (χ1v) is 8.92. The Hall–Kier alpha value is -3.41. The van der Waals surface area contributed by atoms with Crippen molar-refractivity contribution in [2.75, 3.05) is 11.1 Å². The largest absolute Gasteiger partial charge is 0.490 e. The molecule has 4 N–H and O–H groups in total. The molecule has 3 aromatic rings. The maximum absolute atomic E-state index is 14.3. The van der Waals surface area contributed by atoms with Gasteiger partial charge < -0.3 is 16.2 Å². The van der Waals surface area contributed by atoms with E-state index in [0.29, 0.717) is 16.4 Å². The first-order valence-electron chi connectivity index (χ1n) is 8.10. The molecule has 12 heteroatoms. The lowest BCUT2D eigenvalue weighted by Gasteiger charge is -2.09. The van der Waals surface area contributed by atoms with E-state index in [0.717, 1.165) is 10.6 Å². The number of carboxylic acid groups (broad SMARTS) is 1. The predicted molar refractivity (Wildman–Crippen MR) is 103 cm³/mol. The number of nitrogens with zero attached hydrogens (tertiary/aromatic N) is 3. The van der Waals surface area contributed by atoms with Crippen molar-refractivity contribution in [3.63, 3.8) is 0 Å². The molecule has 2 aromatic heterocycles. The van der Waals surface area contributed by atoms with Crippen LogP contribution in [0.2, 0.25) is 0 Å². The van der Waals surface area contributed by atoms with E-state index < -0.39 is 12.1 Å². The Bertz CT molecular complexity index is 999. The number of aromatic nitrogens is 3. The SMILES string of the molecule is Cc1cc(Nc2ccc(Sc3ccncc3)c(F)c2)nc(N)n1.O=C(O)C(F)(F)F. The molecule has 0 bridgehead atoms. The summed E-state index contributed by atoms with van der Waals surface area (Å²) in [5.41, 5.74) is 6.95. The lowest BCUT2D eigenvalue weighted by molar-refractivity contribution is -0.192. The summed E-state index contributed by atoms with van der Waals surface area (Å²) < 4.78 is 46.0. The fourth-order valence-corrected chi connectivity index (χ4v) is 2.80. The Balaban J connectivity index is 0.000000396. The topological polar surface area (TPSA) is 114 Å². The quantitative estimate of drug-likeness (QED) is 0.510. The van der Waals surface area contributed by atoms with Gasteiger partial charge in [-0.25, -0.2) is 14.2 Å². The number of rotatable bonds is 4. The van der Waals surface area contributed by atoms with E-state index in [1.165, 1.54) is 17.8 Å². The van der Waals surface area contributed by atoms with E-state index in [4.69, 9.17) is 15.6 Å². The number of nitrogens with one attached hydrogen (secondary N) is 1. The van der Waals surface area contributed by atoms with Gasteiger partial charge in [0.25, 0.3) is 0 Å². The molecule has 2 heterocycles. The molecule has 0 unspecified atom stereocenters. The van der Waals surface area contributed by atoms with Crippen LogP contribution in [0.1, 0.15) is 5.69 Å². The fraction of sp³-hybridized carbons (Fsp3) is 0.111. The number of benzene rings is 1. The number of alkyl halides is 3. The number of carboxylic acids is 1. The molecule has 7 nitrogen and oxygen atoms in total. The average molecular weight is 441 g/mol. The van der Waals surface area contributed by atoms with Crippen LogP contribution in [0.5, 0.6) is 0 Å². The number of hydrogen-bond acceptors (Lipinski definition) is 7. The molecule has 0 aliphatic heterocycles. The smallest absolute Gasteiger partial charge is 0.475 e. The number of halogens is 4. The third-order valence-corrected chi connectivity index (χ3v) is 4.25. The van der Waals surface area contributed by atoms with Crippen molar-refractivity contribution in [3.8, 4) is 0 Å². The van der Waals surface area contributed by atoms with E-state index >= 15 is 0 Å². The van der Waals surface area contributed by atoms with Crippen molar-refractivity contribution < 1.29 is 27.5 Å². The number of hydrogen-bond donors (Lipinski definition) is 3. The van der Waals surface area contributed by atoms with Crippen LogP contribution in [0.3, 0.4) is 0 Å². The summed E-state index contributed by atoms with van der Waals surface area (Å²) in [6, 6.07) is 10.4. The lowest BCUT2D eigenvalue weighted by atomic mass is 10.3. The zero-order valence-corrected chi connectivity index (χ0v) is 16.1. The van der Waals surface area contributed by atoms with Gasteiger partial charge >= 0.3 is 12.1 Å². The number of pyridine rings is 1. The summed E-state index contributed by atoms with van der Waals surface area (Å²) in [5.74, 6) is -2.36. The number of nitrogen functional groups attached to an aromatic ring is 1. The minimum absolute atomic E-state index is 0.179. The number of nitrogens with two attached hydrogens (primary N) is 1. The van der Waals surface area contributed by atoms with Gasteiger partial charge in [0.15, 0.2) is 0 Å². The zero-order chi connectivity index (χ0) is 22.3. The Labute approximate surface area is 172 Å². The monoisotopic (exact) mass is 441 g/mol. The Kier molecular flexibility index (Phi) is 7.53. The van der Waals surface area contributed by atoms with Gasteiger partial charge in [0, 0.05) is 39.6 Å². The molecule has 0 aliphatic rings. The van der Waals surface area contributed by atoms with E-state index in [9.17, 15) is 17.6 Å². The number of carbonyl (C=O) groups is 1. The van der Waals surface area contributed by atoms with Gasteiger partial charge in [0.2, 0.25) is 5.95 Å². The van der Waals surface area contributed by atoms with Gasteiger partial charge in [-0.2, -0.15) is 18.2 Å². The summed E-state index contributed by atoms with van der Waals surface area (Å²) in [4.78, 5) is 22.4. The second-order valence-electron chi connectivity index (χ2n) is 5.61. The molecule has 0 saturated carbocycles. The van der Waals surface area contributed by atoms with Gasteiger partial charge in [0.05, 0.1) is 0 Å². The molecule has 3 rings (SSSR count). The van der Waals surface area contributed by atoms with Crippen LogP contribution in [0.4, 0.5) is 35.0 Å². The molecule has 1 aromatic carbocycles. The van der Waals surface area contributed by atoms with Gasteiger partial charge in [-0.05, 0) is 37.3 Å². The highest BCUT2D eigenvalue weighted by Gasteiger charge is 2.38. The molecular formula is C18H15F4N5O2S. The first kappa shape index (κ1) is 22.9. The number of aryl methyl sites for hydroxylation is 1. The highest BCUT2D eigenvalue weighted by molar-refractivity contribution is 7.99. The van der Waals surface area contributed by atoms with Gasteiger partial charge in [-0.1, -0.05) is 11.8 Å². The van der Waals surface area contributed by atoms with Crippen molar-refractivity contribution in [3.05, 3.63) is 60.3 Å². The maximum atomic E-state index is 14.3. The highest BCUT2D eigenvalue weighted by atomic mass is 32.2. The number of aliphatic carboxylic acids is 1. The Morgan fingerprint density at radius 3 is 2.30 bits per heavy atom. The van der Waals surface area contributed by atoms with Gasteiger partial charge in [-0.15, -0.1) is 0 Å². The summed E-state index contributed by atoms with van der Waals surface area (Å²) >= 11 is 1.35. The van der Waals surface area contributed by atoms with Crippen molar-refractivity contribution in [2.24, 2.45) is 0 Å². The third kappa shape index (κ3) is 7.20. The molecular weight excluding hydrogens is 426 g/mol. The van der Waals surface area contributed by atoms with Crippen LogP contribution in [0.15, 0.2) is 58.6 Å². The second kappa shape index (κ2) is 9.87. The van der Waals surface area contributed by atoms with Crippen LogP contribution in [0, 0.1) is 12.7 Å². The lowest BCUT2D eigenvalue weighted by Crippen LogP contribution is -2.21. The van der Waals surface area contributed by atoms with E-state index in [2.05, 4.69) is 20.3 Å². The summed E-state index contributed by atoms with van der Waals surface area (Å²) in [7, 11) is 0. The molecule has 30 heavy (non-hydrogen) atoms. The van der Waals surface area contributed by atoms with Crippen molar-refractivity contribution in [1.29, 1.82) is 0 Å². The fourth-order valence-electron chi connectivity index (χ4n) is 2.00. The van der Waals surface area contributed by atoms with E-state index in [-0.39, 0.29) is 11.8 Å². The molecule has 0 aliphatic carbocycles. The minimum Gasteiger partial charge on any atom is -0.475 e. The van der Waals surface area contributed by atoms with Crippen LogP contribution in [-0.2, 0) is 4.79 Å². The molecule has 0 spiro atoms. The van der Waals surface area contributed by atoms with Crippen LogP contribution < -0.4 is 11.1 Å². The molecule has 158 valence electrons. The predicted octanol–water partition coefficient (Wildman–Crippen LogP) is 4.43. The maximum Gasteiger partial charge on any atom is 0.490 e. The number of anilines is 3. The standard InChI is InChI=1S/C16H14FN5S.C2HF3O2/c1-10-8-15(22-16(18)20-10)21-11-2-3-14(13(17)9-11)23-12-4-6-19-7-5-12;3-2(4,5)1(6)7/h2-9H,1H3,(H3,18,20,21,22);(H,6,7). The molecule has 0 saturated heterocycles. The normalized spacial score (nSPS) is 10.7. The molecule has 0 fully saturated rings. The first-order chi connectivity index (χ1) is 14.0. The Morgan fingerprint density at radius 1 is 1.13 bits per heavy atom. The summed E-state index contributed by atoms with van der Waals surface area (Å²) in [5, 5.41) is 10.2. The van der Waals surface area contributed by atoms with Crippen molar-refractivity contribution in [2.45, 2.75) is 22.9 Å². The Morgan fingerprint density at radius 2 is 1.77 bits per heavy atom. The zero-order valence-electron chi connectivity index (χ0n) is 15.3. The van der Waals surface area contributed by atoms with Gasteiger partial charge in [-0.3, -0.25) is 4.98 Å². The third-order valence-electron chi connectivity index (χ3n) is 3.20. The molecule has 0 amide bonds. The van der Waals surface area contributed by atoms with Crippen LogP contribution in [-0.4, -0.2) is 32.2 Å². The second-order valence-corrected chi connectivity index (χ2v) is 6.73. The summed E-state index contributed by atoms with van der Waals surface area (Å²) in [6.45, 7) is 1.82. The van der Waals surface area contributed by atoms with Crippen LogP contribution >= 0.6 is 11.8 Å². The van der Waals surface area contributed by atoms with E-state index in [1.54, 1.807) is 30.6 Å². The highest BCUT2D eigenvalue weighted by Crippen LogP contribution is 2.31. The van der Waals surface area contributed by atoms with E-state index in [1.807, 2.05) is 19.1 Å². The molecule has 0 radical (unpaired) electrons.